The molecular weight excluding hydrogens is 290 g/mol. The third-order valence-electron chi connectivity index (χ3n) is 4.80. The number of imidazole rings is 1. The largest absolute Gasteiger partial charge is 0.508 e. The molecule has 0 aliphatic carbocycles. The molecule has 0 unspecified atom stereocenters. The van der Waals surface area contributed by atoms with Gasteiger partial charge in [0.15, 0.2) is 0 Å². The lowest BCUT2D eigenvalue weighted by molar-refractivity contribution is -0.136. The van der Waals surface area contributed by atoms with E-state index in [-0.39, 0.29) is 23.6 Å². The summed E-state index contributed by atoms with van der Waals surface area (Å²) in [4.78, 5) is 18.8. The molecule has 1 aromatic heterocycles. The van der Waals surface area contributed by atoms with Crippen molar-refractivity contribution in [2.24, 2.45) is 5.92 Å². The molecule has 1 aliphatic heterocycles. The van der Waals surface area contributed by atoms with Crippen LogP contribution in [-0.2, 0) is 24.2 Å². The van der Waals surface area contributed by atoms with E-state index in [4.69, 9.17) is 0 Å². The fourth-order valence-electron chi connectivity index (χ4n) is 3.19. The highest BCUT2D eigenvalue weighted by Crippen LogP contribution is 2.23. The van der Waals surface area contributed by atoms with Crippen LogP contribution in [0.1, 0.15) is 24.6 Å². The minimum atomic E-state index is 0.0477. The molecule has 1 amide bonds. The molecule has 2 atom stereocenters. The van der Waals surface area contributed by atoms with Crippen molar-refractivity contribution in [1.82, 2.24) is 14.5 Å². The Labute approximate surface area is 136 Å². The maximum absolute atomic E-state index is 12.8. The van der Waals surface area contributed by atoms with Gasteiger partial charge in [-0.3, -0.25) is 4.79 Å². The quantitative estimate of drug-likeness (QED) is 0.942. The van der Waals surface area contributed by atoms with Gasteiger partial charge in [-0.1, -0.05) is 12.1 Å². The lowest BCUT2D eigenvalue weighted by Crippen LogP contribution is -2.42. The molecule has 0 saturated heterocycles. The van der Waals surface area contributed by atoms with E-state index in [9.17, 15) is 9.90 Å². The first-order chi connectivity index (χ1) is 11.0. The number of fused-ring (bicyclic) bond motifs is 1. The Morgan fingerprint density at radius 3 is 2.91 bits per heavy atom. The molecule has 1 aromatic carbocycles. The molecule has 1 aliphatic rings. The maximum atomic E-state index is 12.8. The van der Waals surface area contributed by atoms with Gasteiger partial charge in [-0.15, -0.1) is 0 Å². The molecular formula is C18H23N3O2. The Balaban J connectivity index is 1.61. The minimum absolute atomic E-state index is 0.0477. The number of aromatic hydroxyl groups is 1. The number of carbonyl (C=O) groups excluding carboxylic acids is 1. The Bertz CT molecular complexity index is 678. The number of benzene rings is 1. The van der Waals surface area contributed by atoms with Crippen LogP contribution in [0.2, 0.25) is 0 Å². The van der Waals surface area contributed by atoms with E-state index in [2.05, 4.69) is 16.5 Å². The van der Waals surface area contributed by atoms with E-state index in [1.54, 1.807) is 12.1 Å². The molecule has 0 bridgehead atoms. The van der Waals surface area contributed by atoms with E-state index in [1.807, 2.05) is 36.6 Å². The van der Waals surface area contributed by atoms with Gasteiger partial charge in [0.1, 0.15) is 5.75 Å². The molecule has 0 spiro atoms. The molecule has 23 heavy (non-hydrogen) atoms. The van der Waals surface area contributed by atoms with Crippen LogP contribution in [0.25, 0.3) is 0 Å². The van der Waals surface area contributed by atoms with Crippen LogP contribution in [0, 0.1) is 5.92 Å². The Morgan fingerprint density at radius 1 is 1.43 bits per heavy atom. The van der Waals surface area contributed by atoms with Crippen LogP contribution in [0.5, 0.6) is 5.75 Å². The van der Waals surface area contributed by atoms with Crippen molar-refractivity contribution >= 4 is 5.91 Å². The van der Waals surface area contributed by atoms with E-state index in [1.165, 1.54) is 0 Å². The van der Waals surface area contributed by atoms with Crippen molar-refractivity contribution in [2.45, 2.75) is 38.8 Å². The van der Waals surface area contributed by atoms with Gasteiger partial charge >= 0.3 is 0 Å². The number of hydrogen-bond acceptors (Lipinski definition) is 3. The Morgan fingerprint density at radius 2 is 2.17 bits per heavy atom. The number of hydrogen-bond donors (Lipinski definition) is 1. The standard InChI is InChI=1S/C18H23N3O2/c1-13(9-14-3-5-17(22)6-4-14)20(2)18(23)15-7-8-21-12-19-11-16(21)10-15/h3-6,11-13,15,22H,7-10H2,1-2H3/t13-,15-/m1/s1. The summed E-state index contributed by atoms with van der Waals surface area (Å²) in [6.45, 7) is 2.93. The second-order valence-corrected chi connectivity index (χ2v) is 6.44. The van der Waals surface area contributed by atoms with Crippen LogP contribution in [0.15, 0.2) is 36.8 Å². The summed E-state index contributed by atoms with van der Waals surface area (Å²) in [7, 11) is 1.89. The molecule has 122 valence electrons. The lowest BCUT2D eigenvalue weighted by Gasteiger charge is -2.31. The van der Waals surface area contributed by atoms with Gasteiger partial charge in [0, 0.05) is 43.9 Å². The Kier molecular flexibility index (Phi) is 4.37. The summed E-state index contributed by atoms with van der Waals surface area (Å²) < 4.78 is 2.13. The second-order valence-electron chi connectivity index (χ2n) is 6.44. The van der Waals surface area contributed by atoms with Crippen molar-refractivity contribution in [3.8, 4) is 5.75 Å². The fraction of sp³-hybridized carbons (Fsp3) is 0.444. The van der Waals surface area contributed by atoms with Gasteiger partial charge in [-0.25, -0.2) is 4.98 Å². The number of phenols is 1. The highest BCUT2D eigenvalue weighted by Gasteiger charge is 2.28. The topological polar surface area (TPSA) is 58.4 Å². The summed E-state index contributed by atoms with van der Waals surface area (Å²) >= 11 is 0. The zero-order chi connectivity index (χ0) is 16.4. The van der Waals surface area contributed by atoms with Gasteiger partial charge in [0.05, 0.1) is 6.33 Å². The molecule has 0 radical (unpaired) electrons. The van der Waals surface area contributed by atoms with Gasteiger partial charge in [-0.2, -0.15) is 0 Å². The Hall–Kier alpha value is -2.30. The fourth-order valence-corrected chi connectivity index (χ4v) is 3.19. The third-order valence-corrected chi connectivity index (χ3v) is 4.80. The molecule has 2 aromatic rings. The minimum Gasteiger partial charge on any atom is -0.508 e. The number of nitrogens with zero attached hydrogens (tertiary/aromatic N) is 3. The molecule has 0 saturated carbocycles. The van der Waals surface area contributed by atoms with Gasteiger partial charge in [0.2, 0.25) is 5.91 Å². The summed E-state index contributed by atoms with van der Waals surface area (Å²) in [5, 5.41) is 9.35. The van der Waals surface area contributed by atoms with Crippen LogP contribution >= 0.6 is 0 Å². The first-order valence-electron chi connectivity index (χ1n) is 8.08. The van der Waals surface area contributed by atoms with Gasteiger partial charge < -0.3 is 14.6 Å². The zero-order valence-electron chi connectivity index (χ0n) is 13.6. The van der Waals surface area contributed by atoms with Gasteiger partial charge in [0.25, 0.3) is 0 Å². The summed E-state index contributed by atoms with van der Waals surface area (Å²) in [6.07, 6.45) is 6.13. The van der Waals surface area contributed by atoms with E-state index in [0.717, 1.165) is 37.1 Å². The summed E-state index contributed by atoms with van der Waals surface area (Å²) in [6, 6.07) is 7.31. The highest BCUT2D eigenvalue weighted by molar-refractivity contribution is 5.79. The van der Waals surface area contributed by atoms with Crippen LogP contribution in [0.3, 0.4) is 0 Å². The number of rotatable bonds is 4. The summed E-state index contributed by atoms with van der Waals surface area (Å²) in [5.41, 5.74) is 2.27. The zero-order valence-corrected chi connectivity index (χ0v) is 13.6. The van der Waals surface area contributed by atoms with Crippen molar-refractivity contribution in [3.63, 3.8) is 0 Å². The molecule has 5 heteroatoms. The monoisotopic (exact) mass is 313 g/mol. The molecule has 3 rings (SSSR count). The van der Waals surface area contributed by atoms with Gasteiger partial charge in [-0.05, 0) is 37.5 Å². The molecule has 0 fully saturated rings. The van der Waals surface area contributed by atoms with Crippen molar-refractivity contribution in [2.75, 3.05) is 7.05 Å². The van der Waals surface area contributed by atoms with Crippen LogP contribution < -0.4 is 0 Å². The highest BCUT2D eigenvalue weighted by atomic mass is 16.3. The average molecular weight is 313 g/mol. The summed E-state index contributed by atoms with van der Waals surface area (Å²) in [5.74, 6) is 0.528. The van der Waals surface area contributed by atoms with E-state index < -0.39 is 0 Å². The normalized spacial score (nSPS) is 18.3. The average Bonchev–Trinajstić information content (AvgIpc) is 3.03. The predicted molar refractivity (Wildman–Crippen MR) is 88.1 cm³/mol. The van der Waals surface area contributed by atoms with Crippen molar-refractivity contribution < 1.29 is 9.90 Å². The number of amides is 1. The lowest BCUT2D eigenvalue weighted by atomic mass is 9.94. The van der Waals surface area contributed by atoms with Crippen molar-refractivity contribution in [1.29, 1.82) is 0 Å². The van der Waals surface area contributed by atoms with Crippen molar-refractivity contribution in [3.05, 3.63) is 48.0 Å². The van der Waals surface area contributed by atoms with Crippen LogP contribution in [-0.4, -0.2) is 38.6 Å². The first kappa shape index (κ1) is 15.6. The van der Waals surface area contributed by atoms with E-state index in [0.29, 0.717) is 0 Å². The number of likely N-dealkylation sites (N-methyl/N-ethyl adjacent to an activating group) is 1. The van der Waals surface area contributed by atoms with Crippen LogP contribution in [0.4, 0.5) is 0 Å². The number of carbonyl (C=O) groups is 1. The predicted octanol–water partition coefficient (Wildman–Crippen LogP) is 2.24. The molecule has 1 N–H and O–H groups in total. The van der Waals surface area contributed by atoms with E-state index >= 15 is 0 Å². The SMILES string of the molecule is C[C@H](Cc1ccc(O)cc1)N(C)C(=O)[C@@H]1CCn2cncc2C1. The second kappa shape index (κ2) is 6.44. The smallest absolute Gasteiger partial charge is 0.226 e. The maximum Gasteiger partial charge on any atom is 0.226 e. The third kappa shape index (κ3) is 3.38. The molecule has 2 heterocycles. The number of aromatic nitrogens is 2. The number of phenolic OH excluding ortho intramolecular Hbond substituents is 1. The number of aryl methyl sites for hydroxylation is 1. The molecule has 5 nitrogen and oxygen atoms in total. The first-order valence-corrected chi connectivity index (χ1v) is 8.08.